The van der Waals surface area contributed by atoms with E-state index in [1.54, 1.807) is 18.3 Å². The molecular formula is C19H18BrN7O. The van der Waals surface area contributed by atoms with Gasteiger partial charge in [-0.2, -0.15) is 0 Å². The molecule has 0 fully saturated rings. The number of imidazole rings is 1. The number of nitrogens with zero attached hydrogens (tertiary/aromatic N) is 5. The molecule has 4 heterocycles. The number of rotatable bonds is 5. The summed E-state index contributed by atoms with van der Waals surface area (Å²) in [6.07, 6.45) is 1.69. The van der Waals surface area contributed by atoms with Crippen LogP contribution in [0, 0.1) is 6.92 Å². The molecule has 0 aliphatic carbocycles. The zero-order chi connectivity index (χ0) is 19.7. The first kappa shape index (κ1) is 18.2. The quantitative estimate of drug-likeness (QED) is 0.489. The lowest BCUT2D eigenvalue weighted by molar-refractivity contribution is 0.286. The van der Waals surface area contributed by atoms with E-state index in [0.717, 1.165) is 32.7 Å². The van der Waals surface area contributed by atoms with Gasteiger partial charge >= 0.3 is 0 Å². The highest BCUT2D eigenvalue weighted by atomic mass is 79.9. The van der Waals surface area contributed by atoms with Crippen molar-refractivity contribution in [3.63, 3.8) is 0 Å². The van der Waals surface area contributed by atoms with Gasteiger partial charge in [0.15, 0.2) is 5.65 Å². The molecule has 0 atom stereocenters. The van der Waals surface area contributed by atoms with Crippen molar-refractivity contribution in [2.75, 3.05) is 18.1 Å². The highest BCUT2D eigenvalue weighted by Crippen LogP contribution is 2.25. The van der Waals surface area contributed by atoms with E-state index in [4.69, 9.17) is 21.2 Å². The molecule has 0 radical (unpaired) electrons. The van der Waals surface area contributed by atoms with Crippen molar-refractivity contribution in [3.05, 3.63) is 52.9 Å². The Kier molecular flexibility index (Phi) is 4.82. The molecule has 8 nitrogen and oxygen atoms in total. The number of aromatic nitrogens is 5. The molecule has 4 aromatic rings. The predicted molar refractivity (Wildman–Crippen MR) is 112 cm³/mol. The summed E-state index contributed by atoms with van der Waals surface area (Å²) in [6, 6.07) is 11.1. The molecule has 0 aromatic carbocycles. The van der Waals surface area contributed by atoms with Gasteiger partial charge in [-0.15, -0.1) is 0 Å². The molecule has 142 valence electrons. The largest absolute Gasteiger partial charge is 0.475 e. The lowest BCUT2D eigenvalue weighted by Crippen LogP contribution is -2.11. The number of hydrogen-bond donors (Lipinski definition) is 2. The molecular weight excluding hydrogens is 422 g/mol. The van der Waals surface area contributed by atoms with E-state index in [0.29, 0.717) is 30.7 Å². The van der Waals surface area contributed by atoms with E-state index < -0.39 is 0 Å². The van der Waals surface area contributed by atoms with Gasteiger partial charge in [0.2, 0.25) is 5.88 Å². The minimum Gasteiger partial charge on any atom is -0.475 e. The Morgan fingerprint density at radius 1 is 1.07 bits per heavy atom. The van der Waals surface area contributed by atoms with Gasteiger partial charge in [0.05, 0.1) is 16.7 Å². The van der Waals surface area contributed by atoms with Crippen molar-refractivity contribution < 1.29 is 4.74 Å². The van der Waals surface area contributed by atoms with Gasteiger partial charge in [0, 0.05) is 11.8 Å². The van der Waals surface area contributed by atoms with E-state index in [9.17, 15) is 0 Å². The molecule has 0 amide bonds. The fourth-order valence-electron chi connectivity index (χ4n) is 2.98. The first-order valence-electron chi connectivity index (χ1n) is 8.62. The lowest BCUT2D eigenvalue weighted by Gasteiger charge is -2.10. The monoisotopic (exact) mass is 439 g/mol. The molecule has 4 N–H and O–H groups in total. The summed E-state index contributed by atoms with van der Waals surface area (Å²) in [4.78, 5) is 17.6. The SMILES string of the molecule is Cc1nc2ccc(-c3cc(N)nc(N)c3)nc2n1CCOc1ncccc1Br. The lowest BCUT2D eigenvalue weighted by atomic mass is 10.1. The molecule has 4 rings (SSSR count). The van der Waals surface area contributed by atoms with Crippen LogP contribution in [0.3, 0.4) is 0 Å². The van der Waals surface area contributed by atoms with E-state index in [-0.39, 0.29) is 0 Å². The Hall–Kier alpha value is -3.20. The van der Waals surface area contributed by atoms with Gasteiger partial charge in [-0.3, -0.25) is 0 Å². The molecule has 4 aromatic heterocycles. The highest BCUT2D eigenvalue weighted by molar-refractivity contribution is 9.10. The molecule has 0 saturated carbocycles. The third kappa shape index (κ3) is 3.61. The number of pyridine rings is 3. The zero-order valence-corrected chi connectivity index (χ0v) is 16.7. The fourth-order valence-corrected chi connectivity index (χ4v) is 3.35. The second-order valence-electron chi connectivity index (χ2n) is 6.19. The van der Waals surface area contributed by atoms with E-state index >= 15 is 0 Å². The summed E-state index contributed by atoms with van der Waals surface area (Å²) in [5.41, 5.74) is 14.8. The normalized spacial score (nSPS) is 11.1. The minimum absolute atomic E-state index is 0.357. The molecule has 0 bridgehead atoms. The minimum atomic E-state index is 0.357. The number of ether oxygens (including phenoxy) is 1. The number of halogens is 1. The molecule has 0 saturated heterocycles. The standard InChI is InChI=1S/C19H18BrN7O/c1-11-24-15-5-4-14(12-9-16(21)26-17(22)10-12)25-18(15)27(11)7-8-28-19-13(20)3-2-6-23-19/h2-6,9-10H,7-8H2,1H3,(H4,21,22,26). The van der Waals surface area contributed by atoms with E-state index in [1.165, 1.54) is 0 Å². The number of aryl methyl sites for hydroxylation is 1. The van der Waals surface area contributed by atoms with Crippen molar-refractivity contribution in [2.45, 2.75) is 13.5 Å². The second-order valence-corrected chi connectivity index (χ2v) is 7.05. The molecule has 9 heteroatoms. The van der Waals surface area contributed by atoms with Crippen molar-refractivity contribution in [2.24, 2.45) is 0 Å². The summed E-state index contributed by atoms with van der Waals surface area (Å²) in [7, 11) is 0. The molecule has 0 aliphatic heterocycles. The number of nitrogens with two attached hydrogens (primary N) is 2. The van der Waals surface area contributed by atoms with Crippen LogP contribution in [-0.4, -0.2) is 31.1 Å². The van der Waals surface area contributed by atoms with Crippen molar-refractivity contribution in [1.29, 1.82) is 0 Å². The third-order valence-electron chi connectivity index (χ3n) is 4.22. The summed E-state index contributed by atoms with van der Waals surface area (Å²) in [5, 5.41) is 0. The zero-order valence-electron chi connectivity index (χ0n) is 15.1. The van der Waals surface area contributed by atoms with Crippen LogP contribution in [0.1, 0.15) is 5.82 Å². The molecule has 0 aliphatic rings. The average molecular weight is 440 g/mol. The Morgan fingerprint density at radius 2 is 1.86 bits per heavy atom. The van der Waals surface area contributed by atoms with Gasteiger partial charge < -0.3 is 20.8 Å². The summed E-state index contributed by atoms with van der Waals surface area (Å²) < 4.78 is 8.62. The van der Waals surface area contributed by atoms with Crippen molar-refractivity contribution >= 4 is 38.7 Å². The van der Waals surface area contributed by atoms with Gasteiger partial charge in [0.1, 0.15) is 29.6 Å². The van der Waals surface area contributed by atoms with Gasteiger partial charge in [-0.05, 0) is 59.3 Å². The van der Waals surface area contributed by atoms with Crippen LogP contribution in [0.25, 0.3) is 22.4 Å². The Balaban J connectivity index is 1.63. The van der Waals surface area contributed by atoms with Crippen LogP contribution in [-0.2, 0) is 6.54 Å². The van der Waals surface area contributed by atoms with E-state index in [2.05, 4.69) is 30.9 Å². The molecule has 0 unspecified atom stereocenters. The van der Waals surface area contributed by atoms with Crippen molar-refractivity contribution in [3.8, 4) is 17.1 Å². The van der Waals surface area contributed by atoms with Gasteiger partial charge in [0.25, 0.3) is 0 Å². The summed E-state index contributed by atoms with van der Waals surface area (Å²) in [5.74, 6) is 2.13. The first-order valence-corrected chi connectivity index (χ1v) is 9.41. The third-order valence-corrected chi connectivity index (χ3v) is 4.83. The number of nitrogen functional groups attached to an aromatic ring is 2. The van der Waals surface area contributed by atoms with Crippen LogP contribution in [0.2, 0.25) is 0 Å². The van der Waals surface area contributed by atoms with Crippen LogP contribution in [0.15, 0.2) is 47.1 Å². The number of hydrogen-bond acceptors (Lipinski definition) is 7. The van der Waals surface area contributed by atoms with Crippen LogP contribution >= 0.6 is 15.9 Å². The maximum Gasteiger partial charge on any atom is 0.227 e. The topological polar surface area (TPSA) is 118 Å². The smallest absolute Gasteiger partial charge is 0.227 e. The van der Waals surface area contributed by atoms with Crippen LogP contribution < -0.4 is 16.2 Å². The predicted octanol–water partition coefficient (Wildman–Crippen LogP) is 3.20. The summed E-state index contributed by atoms with van der Waals surface area (Å²) >= 11 is 3.43. The average Bonchev–Trinajstić information content (AvgIpc) is 2.97. The van der Waals surface area contributed by atoms with Crippen molar-refractivity contribution in [1.82, 2.24) is 24.5 Å². The maximum absolute atomic E-state index is 5.81. The first-order chi connectivity index (χ1) is 13.5. The summed E-state index contributed by atoms with van der Waals surface area (Å²) in [6.45, 7) is 2.96. The van der Waals surface area contributed by atoms with Gasteiger partial charge in [-0.25, -0.2) is 19.9 Å². The second kappa shape index (κ2) is 7.43. The fraction of sp³-hybridized carbons (Fsp3) is 0.158. The Morgan fingerprint density at radius 3 is 2.61 bits per heavy atom. The Bertz CT molecular complexity index is 1140. The van der Waals surface area contributed by atoms with Crippen LogP contribution in [0.4, 0.5) is 11.6 Å². The number of anilines is 2. The van der Waals surface area contributed by atoms with E-state index in [1.807, 2.05) is 35.8 Å². The Labute approximate surface area is 169 Å². The molecule has 0 spiro atoms. The maximum atomic E-state index is 5.81. The van der Waals surface area contributed by atoms with Crippen LogP contribution in [0.5, 0.6) is 5.88 Å². The number of fused-ring (bicyclic) bond motifs is 1. The molecule has 28 heavy (non-hydrogen) atoms. The van der Waals surface area contributed by atoms with Gasteiger partial charge in [-0.1, -0.05) is 0 Å². The highest BCUT2D eigenvalue weighted by Gasteiger charge is 2.12.